The fourth-order valence-electron chi connectivity index (χ4n) is 2.26. The molecule has 0 spiro atoms. The van der Waals surface area contributed by atoms with E-state index in [1.165, 1.54) is 6.20 Å². The van der Waals surface area contributed by atoms with Gasteiger partial charge < -0.3 is 10.3 Å². The minimum absolute atomic E-state index is 0.0876. The molecule has 1 heterocycles. The fraction of sp³-hybridized carbons (Fsp3) is 0.0588. The van der Waals surface area contributed by atoms with Crippen molar-refractivity contribution in [3.05, 3.63) is 79.5 Å². The van der Waals surface area contributed by atoms with Gasteiger partial charge in [0.1, 0.15) is 5.56 Å². The van der Waals surface area contributed by atoms with E-state index in [9.17, 15) is 9.59 Å². The summed E-state index contributed by atoms with van der Waals surface area (Å²) < 4.78 is 0.778. The van der Waals surface area contributed by atoms with Crippen LogP contribution in [0.4, 0.5) is 0 Å². The number of aromatic nitrogens is 1. The van der Waals surface area contributed by atoms with Crippen molar-refractivity contribution < 1.29 is 4.79 Å². The molecule has 3 rings (SSSR count). The van der Waals surface area contributed by atoms with Crippen LogP contribution in [0.5, 0.6) is 0 Å². The quantitative estimate of drug-likeness (QED) is 0.712. The van der Waals surface area contributed by atoms with E-state index in [1.807, 2.05) is 18.2 Å². The molecule has 23 heavy (non-hydrogen) atoms. The summed E-state index contributed by atoms with van der Waals surface area (Å²) in [6.45, 7) is 0.325. The van der Waals surface area contributed by atoms with Gasteiger partial charge in [-0.15, -0.1) is 0 Å². The van der Waals surface area contributed by atoms with E-state index < -0.39 is 5.91 Å². The monoisotopic (exact) mass is 390 g/mol. The van der Waals surface area contributed by atoms with Crippen molar-refractivity contribution in [2.45, 2.75) is 6.54 Å². The van der Waals surface area contributed by atoms with Gasteiger partial charge in [-0.05, 0) is 45.8 Å². The van der Waals surface area contributed by atoms with Gasteiger partial charge in [-0.3, -0.25) is 9.59 Å². The van der Waals surface area contributed by atoms with E-state index in [-0.39, 0.29) is 11.0 Å². The number of pyridine rings is 1. The standard InChI is InChI=1S/C17H12BrClN2O2/c18-14-3-1-2-12-15(14)20-9-13(16(12)22)17(23)21-8-10-4-6-11(19)7-5-10/h1-7,9H,8H2,(H,20,22)(H,21,23). The van der Waals surface area contributed by atoms with Crippen molar-refractivity contribution in [3.63, 3.8) is 0 Å². The number of hydrogen-bond acceptors (Lipinski definition) is 2. The molecule has 1 amide bonds. The normalized spacial score (nSPS) is 10.7. The third kappa shape index (κ3) is 3.30. The molecule has 0 saturated carbocycles. The molecular formula is C17H12BrClN2O2. The first-order valence-corrected chi connectivity index (χ1v) is 8.06. The molecule has 0 radical (unpaired) electrons. The van der Waals surface area contributed by atoms with Gasteiger partial charge in [0.2, 0.25) is 5.43 Å². The molecule has 0 aliphatic heterocycles. The van der Waals surface area contributed by atoms with E-state index in [2.05, 4.69) is 26.2 Å². The second-order valence-corrected chi connectivity index (χ2v) is 6.29. The second-order valence-electron chi connectivity index (χ2n) is 5.00. The van der Waals surface area contributed by atoms with Crippen molar-refractivity contribution in [3.8, 4) is 0 Å². The first kappa shape index (κ1) is 15.8. The number of benzene rings is 2. The highest BCUT2D eigenvalue weighted by Gasteiger charge is 2.13. The summed E-state index contributed by atoms with van der Waals surface area (Å²) in [5.74, 6) is -0.414. The van der Waals surface area contributed by atoms with Gasteiger partial charge in [-0.25, -0.2) is 0 Å². The van der Waals surface area contributed by atoms with Crippen molar-refractivity contribution in [1.29, 1.82) is 0 Å². The zero-order chi connectivity index (χ0) is 16.4. The van der Waals surface area contributed by atoms with E-state index in [0.29, 0.717) is 22.5 Å². The average Bonchev–Trinajstić information content (AvgIpc) is 2.55. The first-order chi connectivity index (χ1) is 11.1. The molecule has 0 saturated heterocycles. The van der Waals surface area contributed by atoms with Crippen molar-refractivity contribution in [2.24, 2.45) is 0 Å². The summed E-state index contributed by atoms with van der Waals surface area (Å²) in [4.78, 5) is 27.7. The predicted octanol–water partition coefficient (Wildman–Crippen LogP) is 3.87. The van der Waals surface area contributed by atoms with Gasteiger partial charge in [0.25, 0.3) is 5.91 Å². The van der Waals surface area contributed by atoms with Crippen LogP contribution in [0.3, 0.4) is 0 Å². The second kappa shape index (κ2) is 6.56. The Balaban J connectivity index is 1.85. The van der Waals surface area contributed by atoms with Crippen LogP contribution in [0.15, 0.2) is 57.9 Å². The van der Waals surface area contributed by atoms with E-state index in [4.69, 9.17) is 11.6 Å². The van der Waals surface area contributed by atoms with Crippen LogP contribution in [0.2, 0.25) is 5.02 Å². The molecule has 1 aromatic heterocycles. The molecule has 0 aliphatic carbocycles. The average molecular weight is 392 g/mol. The Hall–Kier alpha value is -2.11. The smallest absolute Gasteiger partial charge is 0.257 e. The van der Waals surface area contributed by atoms with E-state index in [1.54, 1.807) is 24.3 Å². The largest absolute Gasteiger partial charge is 0.359 e. The Morgan fingerprint density at radius 2 is 1.91 bits per heavy atom. The number of carbonyl (C=O) groups is 1. The van der Waals surface area contributed by atoms with Crippen LogP contribution in [-0.4, -0.2) is 10.9 Å². The number of hydrogen-bond donors (Lipinski definition) is 2. The maximum Gasteiger partial charge on any atom is 0.257 e. The number of amides is 1. The molecule has 0 atom stereocenters. The van der Waals surface area contributed by atoms with Crippen molar-refractivity contribution in [1.82, 2.24) is 10.3 Å². The number of nitrogens with one attached hydrogen (secondary N) is 2. The molecule has 6 heteroatoms. The van der Waals surface area contributed by atoms with Crippen LogP contribution in [0.25, 0.3) is 10.9 Å². The molecule has 0 bridgehead atoms. The molecule has 2 N–H and O–H groups in total. The summed E-state index contributed by atoms with van der Waals surface area (Å²) >= 11 is 9.20. The Morgan fingerprint density at radius 3 is 2.65 bits per heavy atom. The van der Waals surface area contributed by atoms with Crippen LogP contribution in [0.1, 0.15) is 15.9 Å². The number of para-hydroxylation sites is 1. The Morgan fingerprint density at radius 1 is 1.17 bits per heavy atom. The summed E-state index contributed by atoms with van der Waals surface area (Å²) in [5, 5.41) is 3.85. The molecule has 3 aromatic rings. The van der Waals surface area contributed by atoms with Crippen molar-refractivity contribution in [2.75, 3.05) is 0 Å². The number of carbonyl (C=O) groups excluding carboxylic acids is 1. The minimum Gasteiger partial charge on any atom is -0.359 e. The van der Waals surface area contributed by atoms with E-state index in [0.717, 1.165) is 10.0 Å². The van der Waals surface area contributed by atoms with Gasteiger partial charge in [0.05, 0.1) is 5.52 Å². The molecule has 0 unspecified atom stereocenters. The predicted molar refractivity (Wildman–Crippen MR) is 94.9 cm³/mol. The number of fused-ring (bicyclic) bond motifs is 1. The van der Waals surface area contributed by atoms with Crippen LogP contribution in [-0.2, 0) is 6.54 Å². The number of H-pyrrole nitrogens is 1. The summed E-state index contributed by atoms with van der Waals surface area (Å²) in [5.41, 5.74) is 1.37. The Bertz CT molecular complexity index is 935. The number of rotatable bonds is 3. The molecule has 116 valence electrons. The highest BCUT2D eigenvalue weighted by Crippen LogP contribution is 2.19. The topological polar surface area (TPSA) is 62.0 Å². The third-order valence-corrected chi connectivity index (χ3v) is 4.39. The summed E-state index contributed by atoms with van der Waals surface area (Å²) in [7, 11) is 0. The molecule has 4 nitrogen and oxygen atoms in total. The summed E-state index contributed by atoms with van der Waals surface area (Å²) in [6.07, 6.45) is 1.44. The molecule has 0 aliphatic rings. The van der Waals surface area contributed by atoms with E-state index >= 15 is 0 Å². The lowest BCUT2D eigenvalue weighted by Crippen LogP contribution is -2.28. The lowest BCUT2D eigenvalue weighted by Gasteiger charge is -2.07. The van der Waals surface area contributed by atoms with Gasteiger partial charge in [-0.2, -0.15) is 0 Å². The fourth-order valence-corrected chi connectivity index (χ4v) is 2.87. The first-order valence-electron chi connectivity index (χ1n) is 6.89. The van der Waals surface area contributed by atoms with Crippen LogP contribution < -0.4 is 10.7 Å². The minimum atomic E-state index is -0.414. The van der Waals surface area contributed by atoms with Crippen LogP contribution >= 0.6 is 27.5 Å². The van der Waals surface area contributed by atoms with Crippen molar-refractivity contribution >= 4 is 44.3 Å². The van der Waals surface area contributed by atoms with Gasteiger partial charge in [0, 0.05) is 27.6 Å². The van der Waals surface area contributed by atoms with Gasteiger partial charge >= 0.3 is 0 Å². The lowest BCUT2D eigenvalue weighted by atomic mass is 10.1. The lowest BCUT2D eigenvalue weighted by molar-refractivity contribution is 0.0949. The zero-order valence-corrected chi connectivity index (χ0v) is 14.2. The van der Waals surface area contributed by atoms with Gasteiger partial charge in [-0.1, -0.05) is 29.8 Å². The Labute approximate surface area is 145 Å². The number of halogens is 2. The van der Waals surface area contributed by atoms with Gasteiger partial charge in [0.15, 0.2) is 0 Å². The maximum atomic E-state index is 12.5. The third-order valence-electron chi connectivity index (χ3n) is 3.47. The SMILES string of the molecule is O=C(NCc1ccc(Cl)cc1)c1c[nH]c2c(Br)cccc2c1=O. The van der Waals surface area contributed by atoms with Crippen LogP contribution in [0, 0.1) is 0 Å². The highest BCUT2D eigenvalue weighted by atomic mass is 79.9. The maximum absolute atomic E-state index is 12.5. The molecule has 0 fully saturated rings. The number of aromatic amines is 1. The highest BCUT2D eigenvalue weighted by molar-refractivity contribution is 9.10. The zero-order valence-electron chi connectivity index (χ0n) is 11.9. The Kier molecular flexibility index (Phi) is 4.50. The molecule has 2 aromatic carbocycles. The summed E-state index contributed by atoms with van der Waals surface area (Å²) in [6, 6.07) is 12.4. The molecular weight excluding hydrogens is 380 g/mol.